The van der Waals surface area contributed by atoms with E-state index in [1.165, 1.54) is 11.3 Å². The molecule has 1 amide bonds. The third-order valence-corrected chi connectivity index (χ3v) is 5.65. The average molecular weight is 432 g/mol. The van der Waals surface area contributed by atoms with E-state index in [-0.39, 0.29) is 5.91 Å². The number of ether oxygens (including phenoxy) is 1. The molecule has 1 aliphatic heterocycles. The van der Waals surface area contributed by atoms with Crippen LogP contribution in [-0.2, 0) is 0 Å². The van der Waals surface area contributed by atoms with Crippen molar-refractivity contribution in [3.63, 3.8) is 0 Å². The van der Waals surface area contributed by atoms with Crippen molar-refractivity contribution >= 4 is 33.2 Å². The fourth-order valence-electron chi connectivity index (χ4n) is 3.40. The first-order chi connectivity index (χ1) is 13.0. The highest BCUT2D eigenvalue weighted by Gasteiger charge is 2.17. The third-order valence-electron chi connectivity index (χ3n) is 5.03. The quantitative estimate of drug-likeness (QED) is 0.771. The Bertz CT molecular complexity index is 817. The molecule has 0 atom stereocenters. The smallest absolute Gasteiger partial charge is 0.255 e. The molecule has 1 aliphatic rings. The molecule has 0 radical (unpaired) electrons. The van der Waals surface area contributed by atoms with Gasteiger partial charge in [0.1, 0.15) is 5.75 Å². The van der Waals surface area contributed by atoms with Crippen molar-refractivity contribution in [2.75, 3.05) is 50.1 Å². The predicted molar refractivity (Wildman–Crippen MR) is 114 cm³/mol. The van der Waals surface area contributed by atoms with E-state index in [2.05, 4.69) is 51.0 Å². The Balaban J connectivity index is 1.68. The highest BCUT2D eigenvalue weighted by Crippen LogP contribution is 2.27. The maximum atomic E-state index is 12.5. The van der Waals surface area contributed by atoms with Gasteiger partial charge in [-0.3, -0.25) is 4.79 Å². The van der Waals surface area contributed by atoms with E-state index in [1.54, 1.807) is 25.3 Å². The Morgan fingerprint density at radius 3 is 2.48 bits per heavy atom. The SMILES string of the molecule is CCN1CCN(c2ccc(NC(=O)c3ccc(OC)c(Br)c3)cc2C)CC1. The van der Waals surface area contributed by atoms with Gasteiger partial charge in [0, 0.05) is 43.1 Å². The summed E-state index contributed by atoms with van der Waals surface area (Å²) >= 11 is 3.42. The molecule has 3 rings (SSSR count). The van der Waals surface area contributed by atoms with Crippen molar-refractivity contribution in [1.29, 1.82) is 0 Å². The van der Waals surface area contributed by atoms with Crippen molar-refractivity contribution in [3.05, 3.63) is 52.0 Å². The van der Waals surface area contributed by atoms with E-state index < -0.39 is 0 Å². The second-order valence-electron chi connectivity index (χ2n) is 6.73. The van der Waals surface area contributed by atoms with Crippen LogP contribution in [0.1, 0.15) is 22.8 Å². The summed E-state index contributed by atoms with van der Waals surface area (Å²) in [6, 6.07) is 11.4. The predicted octanol–water partition coefficient (Wildman–Crippen LogP) is 4.16. The lowest BCUT2D eigenvalue weighted by Gasteiger charge is -2.36. The van der Waals surface area contributed by atoms with Crippen LogP contribution in [0.25, 0.3) is 0 Å². The van der Waals surface area contributed by atoms with Gasteiger partial charge in [-0.15, -0.1) is 0 Å². The molecule has 1 saturated heterocycles. The van der Waals surface area contributed by atoms with E-state index >= 15 is 0 Å². The number of halogens is 1. The van der Waals surface area contributed by atoms with Crippen LogP contribution in [0.4, 0.5) is 11.4 Å². The van der Waals surface area contributed by atoms with Crippen molar-refractivity contribution < 1.29 is 9.53 Å². The zero-order valence-corrected chi connectivity index (χ0v) is 17.7. The van der Waals surface area contributed by atoms with Gasteiger partial charge < -0.3 is 19.9 Å². The first-order valence-corrected chi connectivity index (χ1v) is 10.0. The van der Waals surface area contributed by atoms with Crippen LogP contribution in [-0.4, -0.2) is 50.6 Å². The summed E-state index contributed by atoms with van der Waals surface area (Å²) in [5.74, 6) is 0.567. The van der Waals surface area contributed by atoms with Gasteiger partial charge in [-0.25, -0.2) is 0 Å². The molecule has 0 aromatic heterocycles. The van der Waals surface area contributed by atoms with Crippen molar-refractivity contribution in [1.82, 2.24) is 4.90 Å². The molecule has 0 spiro atoms. The van der Waals surface area contributed by atoms with Crippen LogP contribution in [0.2, 0.25) is 0 Å². The summed E-state index contributed by atoms with van der Waals surface area (Å²) in [7, 11) is 1.60. The number of methoxy groups -OCH3 is 1. The van der Waals surface area contributed by atoms with Gasteiger partial charge in [0.05, 0.1) is 11.6 Å². The number of hydrogen-bond acceptors (Lipinski definition) is 4. The summed E-state index contributed by atoms with van der Waals surface area (Å²) in [5.41, 5.74) is 3.81. The number of nitrogens with one attached hydrogen (secondary N) is 1. The number of hydrogen-bond donors (Lipinski definition) is 1. The number of anilines is 2. The van der Waals surface area contributed by atoms with Gasteiger partial charge in [-0.05, 0) is 71.4 Å². The molecule has 6 heteroatoms. The molecule has 144 valence electrons. The number of carbonyl (C=O) groups is 1. The molecule has 27 heavy (non-hydrogen) atoms. The maximum Gasteiger partial charge on any atom is 0.255 e. The van der Waals surface area contributed by atoms with E-state index in [0.717, 1.165) is 42.9 Å². The lowest BCUT2D eigenvalue weighted by Crippen LogP contribution is -2.46. The lowest BCUT2D eigenvalue weighted by molar-refractivity contribution is 0.102. The average Bonchev–Trinajstić information content (AvgIpc) is 2.68. The van der Waals surface area contributed by atoms with Crippen molar-refractivity contribution in [3.8, 4) is 5.75 Å². The summed E-state index contributed by atoms with van der Waals surface area (Å²) in [5, 5.41) is 2.98. The fraction of sp³-hybridized carbons (Fsp3) is 0.381. The molecule has 0 bridgehead atoms. The van der Waals surface area contributed by atoms with Crippen molar-refractivity contribution in [2.45, 2.75) is 13.8 Å². The highest BCUT2D eigenvalue weighted by atomic mass is 79.9. The minimum absolute atomic E-state index is 0.137. The second kappa shape index (κ2) is 8.76. The molecular formula is C21H26BrN3O2. The minimum Gasteiger partial charge on any atom is -0.496 e. The standard InChI is InChI=1S/C21H26BrN3O2/c1-4-24-9-11-25(12-10-24)19-7-6-17(13-15(19)2)23-21(26)16-5-8-20(27-3)18(22)14-16/h5-8,13-14H,4,9-12H2,1-3H3,(H,23,26). The number of aryl methyl sites for hydroxylation is 1. The molecule has 1 N–H and O–H groups in total. The van der Waals surface area contributed by atoms with Crippen LogP contribution in [0.5, 0.6) is 5.75 Å². The molecule has 1 heterocycles. The number of piperazine rings is 1. The maximum absolute atomic E-state index is 12.5. The van der Waals surface area contributed by atoms with Crippen LogP contribution < -0.4 is 15.0 Å². The minimum atomic E-state index is -0.137. The van der Waals surface area contributed by atoms with Gasteiger partial charge in [-0.2, -0.15) is 0 Å². The molecule has 5 nitrogen and oxygen atoms in total. The van der Waals surface area contributed by atoms with Crippen LogP contribution >= 0.6 is 15.9 Å². The van der Waals surface area contributed by atoms with E-state index in [9.17, 15) is 4.79 Å². The van der Waals surface area contributed by atoms with E-state index in [4.69, 9.17) is 4.74 Å². The molecular weight excluding hydrogens is 406 g/mol. The molecule has 2 aromatic carbocycles. The van der Waals surface area contributed by atoms with E-state index in [1.807, 2.05) is 12.1 Å². The number of amides is 1. The largest absolute Gasteiger partial charge is 0.496 e. The Kier molecular flexibility index (Phi) is 6.39. The summed E-state index contributed by atoms with van der Waals surface area (Å²) in [4.78, 5) is 17.4. The monoisotopic (exact) mass is 431 g/mol. The molecule has 2 aromatic rings. The van der Waals surface area contributed by atoms with Gasteiger partial charge in [0.15, 0.2) is 0 Å². The topological polar surface area (TPSA) is 44.8 Å². The van der Waals surface area contributed by atoms with Crippen LogP contribution in [0.15, 0.2) is 40.9 Å². The van der Waals surface area contributed by atoms with Crippen LogP contribution in [0, 0.1) is 6.92 Å². The number of rotatable bonds is 5. The summed E-state index contributed by atoms with van der Waals surface area (Å²) in [6.07, 6.45) is 0. The second-order valence-corrected chi connectivity index (χ2v) is 7.58. The number of carbonyl (C=O) groups excluding carboxylic acids is 1. The zero-order valence-electron chi connectivity index (χ0n) is 16.1. The Labute approximate surface area is 169 Å². The molecule has 0 saturated carbocycles. The Hall–Kier alpha value is -2.05. The van der Waals surface area contributed by atoms with Crippen LogP contribution in [0.3, 0.4) is 0 Å². The fourth-order valence-corrected chi connectivity index (χ4v) is 3.94. The zero-order chi connectivity index (χ0) is 19.4. The van der Waals surface area contributed by atoms with Gasteiger partial charge in [0.2, 0.25) is 0 Å². The first-order valence-electron chi connectivity index (χ1n) is 9.24. The van der Waals surface area contributed by atoms with E-state index in [0.29, 0.717) is 11.3 Å². The van der Waals surface area contributed by atoms with Gasteiger partial charge >= 0.3 is 0 Å². The molecule has 0 unspecified atom stereocenters. The number of benzene rings is 2. The summed E-state index contributed by atoms with van der Waals surface area (Å²) in [6.45, 7) is 9.70. The van der Waals surface area contributed by atoms with Gasteiger partial charge in [0.25, 0.3) is 5.91 Å². The van der Waals surface area contributed by atoms with Crippen molar-refractivity contribution in [2.24, 2.45) is 0 Å². The summed E-state index contributed by atoms with van der Waals surface area (Å²) < 4.78 is 5.97. The normalized spacial score (nSPS) is 14.9. The Morgan fingerprint density at radius 2 is 1.89 bits per heavy atom. The highest BCUT2D eigenvalue weighted by molar-refractivity contribution is 9.10. The molecule has 1 fully saturated rings. The molecule has 0 aliphatic carbocycles. The lowest BCUT2D eigenvalue weighted by atomic mass is 10.1. The first kappa shape index (κ1) is 19.7. The number of likely N-dealkylation sites (N-methyl/N-ethyl adjacent to an activating group) is 1. The Morgan fingerprint density at radius 1 is 1.15 bits per heavy atom. The van der Waals surface area contributed by atoms with Gasteiger partial charge in [-0.1, -0.05) is 6.92 Å². The third kappa shape index (κ3) is 4.62. The number of nitrogens with zero attached hydrogens (tertiary/aromatic N) is 2.